The number of aliphatic hydroxyl groups is 3. The molecule has 11 nitrogen and oxygen atoms in total. The Hall–Kier alpha value is -0.890. The molecule has 1 spiro atoms. The first kappa shape index (κ1) is 34.4. The normalized spacial score (nSPS) is 48.4. The van der Waals surface area contributed by atoms with E-state index in [-0.39, 0.29) is 48.3 Å². The summed E-state index contributed by atoms with van der Waals surface area (Å²) in [6, 6.07) is 0. The molecule has 44 heavy (non-hydrogen) atoms. The summed E-state index contributed by atoms with van der Waals surface area (Å²) in [5, 5.41) is 41.0. The highest BCUT2D eigenvalue weighted by atomic mass is 16.7. The third kappa shape index (κ3) is 6.47. The van der Waals surface area contributed by atoms with E-state index in [4.69, 9.17) is 28.4 Å². The van der Waals surface area contributed by atoms with E-state index in [0.29, 0.717) is 19.3 Å². The zero-order valence-electron chi connectivity index (χ0n) is 27.4. The molecule has 5 rings (SSSR count). The molecule has 0 radical (unpaired) electrons. The van der Waals surface area contributed by atoms with Gasteiger partial charge in [-0.2, -0.15) is 0 Å². The largest absolute Gasteiger partial charge is 0.481 e. The van der Waals surface area contributed by atoms with E-state index < -0.39 is 54.0 Å². The minimum absolute atomic E-state index is 0.119. The topological polar surface area (TPSA) is 153 Å². The van der Waals surface area contributed by atoms with Crippen LogP contribution in [0.1, 0.15) is 98.8 Å². The number of carboxylic acid groups (broad SMARTS) is 1. The molecule has 0 aromatic heterocycles. The van der Waals surface area contributed by atoms with Crippen molar-refractivity contribution in [3.8, 4) is 0 Å². The fraction of sp³-hybridized carbons (Fsp3) is 0.970. The number of hydrogen-bond acceptors (Lipinski definition) is 10. The first-order valence-corrected chi connectivity index (χ1v) is 16.9. The number of aliphatic hydroxyl groups excluding tert-OH is 2. The molecule has 5 aliphatic heterocycles. The summed E-state index contributed by atoms with van der Waals surface area (Å²) < 4.78 is 38.6. The maximum Gasteiger partial charge on any atom is 0.308 e. The van der Waals surface area contributed by atoms with Crippen molar-refractivity contribution in [1.82, 2.24) is 0 Å². The summed E-state index contributed by atoms with van der Waals surface area (Å²) in [6.45, 7) is 9.43. The van der Waals surface area contributed by atoms with Gasteiger partial charge in [-0.1, -0.05) is 27.7 Å². The summed E-state index contributed by atoms with van der Waals surface area (Å²) in [4.78, 5) is 11.8. The molecule has 0 aromatic rings. The van der Waals surface area contributed by atoms with Crippen molar-refractivity contribution in [1.29, 1.82) is 0 Å². The summed E-state index contributed by atoms with van der Waals surface area (Å²) in [6.07, 6.45) is 4.46. The molecule has 5 fully saturated rings. The molecule has 4 N–H and O–H groups in total. The van der Waals surface area contributed by atoms with Gasteiger partial charge >= 0.3 is 5.97 Å². The van der Waals surface area contributed by atoms with Crippen LogP contribution in [0.15, 0.2) is 0 Å². The maximum atomic E-state index is 11.8. The average molecular weight is 629 g/mol. The number of carbonyl (C=O) groups is 1. The van der Waals surface area contributed by atoms with Gasteiger partial charge in [0.25, 0.3) is 0 Å². The number of aliphatic carboxylic acids is 1. The van der Waals surface area contributed by atoms with Crippen molar-refractivity contribution in [2.24, 2.45) is 23.7 Å². The van der Waals surface area contributed by atoms with Crippen LogP contribution in [0.2, 0.25) is 0 Å². The van der Waals surface area contributed by atoms with E-state index in [1.807, 2.05) is 13.8 Å². The van der Waals surface area contributed by atoms with E-state index in [9.17, 15) is 25.2 Å². The minimum atomic E-state index is -1.50. The van der Waals surface area contributed by atoms with Gasteiger partial charge in [0.05, 0.1) is 67.0 Å². The SMILES string of the molecule is CC[C@@]1([C@@H]2O[C@@H]([C@@H]3CCC[C@](O)(CO)O3)C[C@@H]2C)CC[C@H]([C@@H]2CC[C@]3(C[C@H](O)[C@@H](C)[C@@H]([C@@H](C)[C@@H](OC)[C@H](C)C(=O)O)O3)O2)O1. The Balaban J connectivity index is 1.24. The van der Waals surface area contributed by atoms with E-state index in [1.165, 1.54) is 7.11 Å². The van der Waals surface area contributed by atoms with Gasteiger partial charge in [-0.15, -0.1) is 0 Å². The maximum absolute atomic E-state index is 11.8. The number of rotatable bonds is 10. The van der Waals surface area contributed by atoms with Gasteiger partial charge in [0.15, 0.2) is 11.6 Å². The van der Waals surface area contributed by atoms with Crippen LogP contribution in [0, 0.1) is 23.7 Å². The van der Waals surface area contributed by atoms with Crippen molar-refractivity contribution < 1.29 is 53.6 Å². The molecule has 5 heterocycles. The third-order valence-electron chi connectivity index (χ3n) is 11.7. The Bertz CT molecular complexity index is 997. The van der Waals surface area contributed by atoms with Crippen LogP contribution >= 0.6 is 0 Å². The highest BCUT2D eigenvalue weighted by Gasteiger charge is 2.58. The number of hydrogen-bond donors (Lipinski definition) is 4. The lowest BCUT2D eigenvalue weighted by atomic mass is 9.78. The quantitative estimate of drug-likeness (QED) is 0.282. The minimum Gasteiger partial charge on any atom is -0.481 e. The fourth-order valence-corrected chi connectivity index (χ4v) is 9.01. The Labute approximate surface area is 261 Å². The second kappa shape index (κ2) is 13.3. The number of ether oxygens (including phenoxy) is 6. The van der Waals surface area contributed by atoms with Crippen molar-refractivity contribution in [3.05, 3.63) is 0 Å². The molecule has 254 valence electrons. The second-order valence-corrected chi connectivity index (χ2v) is 14.6. The Morgan fingerprint density at radius 3 is 2.32 bits per heavy atom. The molecule has 11 heteroatoms. The first-order valence-electron chi connectivity index (χ1n) is 16.9. The predicted octanol–water partition coefficient (Wildman–Crippen LogP) is 3.39. The molecular weight excluding hydrogens is 572 g/mol. The fourth-order valence-electron chi connectivity index (χ4n) is 9.01. The molecule has 5 aliphatic rings. The highest BCUT2D eigenvalue weighted by molar-refractivity contribution is 5.70. The monoisotopic (exact) mass is 628 g/mol. The molecule has 0 aromatic carbocycles. The summed E-state index contributed by atoms with van der Waals surface area (Å²) >= 11 is 0. The van der Waals surface area contributed by atoms with Gasteiger partial charge < -0.3 is 48.8 Å². The lowest BCUT2D eigenvalue weighted by molar-refractivity contribution is -0.320. The second-order valence-electron chi connectivity index (χ2n) is 14.6. The zero-order chi connectivity index (χ0) is 32.0. The van der Waals surface area contributed by atoms with E-state index in [0.717, 1.165) is 44.9 Å². The lowest BCUT2D eigenvalue weighted by Crippen LogP contribution is -2.56. The third-order valence-corrected chi connectivity index (χ3v) is 11.7. The van der Waals surface area contributed by atoms with E-state index in [2.05, 4.69) is 13.8 Å². The Morgan fingerprint density at radius 2 is 1.66 bits per heavy atom. The van der Waals surface area contributed by atoms with E-state index in [1.54, 1.807) is 6.92 Å². The Morgan fingerprint density at radius 1 is 0.977 bits per heavy atom. The van der Waals surface area contributed by atoms with Crippen molar-refractivity contribution in [3.63, 3.8) is 0 Å². The molecule has 0 unspecified atom stereocenters. The van der Waals surface area contributed by atoms with Gasteiger partial charge in [-0.3, -0.25) is 4.79 Å². The smallest absolute Gasteiger partial charge is 0.308 e. The van der Waals surface area contributed by atoms with E-state index >= 15 is 0 Å². The molecule has 0 bridgehead atoms. The highest BCUT2D eigenvalue weighted by Crippen LogP contribution is 2.51. The molecular formula is C33H56O11. The summed E-state index contributed by atoms with van der Waals surface area (Å²) in [5.41, 5.74) is -0.461. The van der Waals surface area contributed by atoms with Crippen LogP contribution < -0.4 is 0 Å². The van der Waals surface area contributed by atoms with Crippen LogP contribution in [0.5, 0.6) is 0 Å². The number of carboxylic acids is 1. The van der Waals surface area contributed by atoms with Crippen LogP contribution in [0.25, 0.3) is 0 Å². The van der Waals surface area contributed by atoms with Crippen LogP contribution in [-0.4, -0.2) is 106 Å². The summed E-state index contributed by atoms with van der Waals surface area (Å²) in [7, 11) is 1.52. The van der Waals surface area contributed by atoms with Gasteiger partial charge in [-0.05, 0) is 57.8 Å². The van der Waals surface area contributed by atoms with Crippen molar-refractivity contribution in [2.45, 2.75) is 165 Å². The molecule has 5 saturated heterocycles. The predicted molar refractivity (Wildman–Crippen MR) is 159 cm³/mol. The van der Waals surface area contributed by atoms with Gasteiger partial charge in [0.1, 0.15) is 0 Å². The molecule has 0 amide bonds. The van der Waals surface area contributed by atoms with Crippen molar-refractivity contribution >= 4 is 5.97 Å². The van der Waals surface area contributed by atoms with Gasteiger partial charge in [0, 0.05) is 38.2 Å². The average Bonchev–Trinajstić information content (AvgIpc) is 3.73. The number of methoxy groups -OCH3 is 1. The molecule has 15 atom stereocenters. The lowest BCUT2D eigenvalue weighted by Gasteiger charge is -2.48. The van der Waals surface area contributed by atoms with Gasteiger partial charge in [-0.25, -0.2) is 0 Å². The van der Waals surface area contributed by atoms with Crippen LogP contribution in [0.4, 0.5) is 0 Å². The molecule has 0 saturated carbocycles. The van der Waals surface area contributed by atoms with Gasteiger partial charge in [0.2, 0.25) is 0 Å². The van der Waals surface area contributed by atoms with Crippen LogP contribution in [0.3, 0.4) is 0 Å². The standard InChI is InChI=1S/C33H56O11/c1-7-31(29-18(2)15-26(40-29)23-9-8-12-32(38,17-34)42-23)13-10-24(41-31)25-11-14-33(43-25)16-22(35)19(3)28(44-33)20(4)27(39-6)21(5)30(36)37/h18-29,34-35,38H,7-17H2,1-6H3,(H,36,37)/t18-,19+,20-,21-,22-,23-,24+,25-,26+,27+,28-,29+,31-,32+,33-/m0/s1. The zero-order valence-corrected chi connectivity index (χ0v) is 27.4. The summed E-state index contributed by atoms with van der Waals surface area (Å²) in [5.74, 6) is -4.34. The Kier molecular flexibility index (Phi) is 10.4. The first-order chi connectivity index (χ1) is 20.8. The van der Waals surface area contributed by atoms with Crippen LogP contribution in [-0.2, 0) is 33.2 Å². The van der Waals surface area contributed by atoms with Crippen molar-refractivity contribution in [2.75, 3.05) is 13.7 Å². The molecule has 0 aliphatic carbocycles.